The fourth-order valence-corrected chi connectivity index (χ4v) is 2.90. The Morgan fingerprint density at radius 1 is 1.12 bits per heavy atom. The Balaban J connectivity index is 2.11. The predicted octanol–water partition coefficient (Wildman–Crippen LogP) is 2.92. The fourth-order valence-electron chi connectivity index (χ4n) is 2.26. The normalized spacial score (nSPS) is 11.5. The lowest BCUT2D eigenvalue weighted by molar-refractivity contribution is 0.411. The number of aromatic nitrogens is 2. The van der Waals surface area contributed by atoms with Crippen molar-refractivity contribution in [2.75, 3.05) is 18.7 Å². The van der Waals surface area contributed by atoms with Gasteiger partial charge in [0.1, 0.15) is 23.7 Å². The average molecular weight is 347 g/mol. The second-order valence-electron chi connectivity index (χ2n) is 5.18. The summed E-state index contributed by atoms with van der Waals surface area (Å²) in [5, 5.41) is 3.49. The molecule has 0 aliphatic carbocycles. The summed E-state index contributed by atoms with van der Waals surface area (Å²) in [7, 11) is -1.92. The van der Waals surface area contributed by atoms with E-state index in [1.807, 2.05) is 0 Å². The Labute approximate surface area is 138 Å². The molecule has 3 aromatic rings. The second-order valence-corrected chi connectivity index (χ2v) is 7.19. The highest BCUT2D eigenvalue weighted by atomic mass is 32.2. The van der Waals surface area contributed by atoms with Crippen molar-refractivity contribution in [1.29, 1.82) is 0 Å². The summed E-state index contributed by atoms with van der Waals surface area (Å²) in [4.78, 5) is 8.40. The molecule has 0 spiro atoms. The standard InChI is InChI=1S/C16H14FN3O3S/c1-23-12-6-10(17)5-11(7-12)20-16-14-8-13(24(2,21)22)3-4-15(14)18-9-19-16/h3-9H,1-2H3,(H,18,19,20). The Bertz CT molecular complexity index is 1020. The zero-order valence-electron chi connectivity index (χ0n) is 12.9. The van der Waals surface area contributed by atoms with Gasteiger partial charge >= 0.3 is 0 Å². The number of rotatable bonds is 4. The van der Waals surface area contributed by atoms with Crippen LogP contribution in [-0.2, 0) is 9.84 Å². The Morgan fingerprint density at radius 2 is 1.92 bits per heavy atom. The van der Waals surface area contributed by atoms with E-state index in [-0.39, 0.29) is 4.90 Å². The van der Waals surface area contributed by atoms with E-state index in [4.69, 9.17) is 4.74 Å². The van der Waals surface area contributed by atoms with Gasteiger partial charge in [0, 0.05) is 29.5 Å². The van der Waals surface area contributed by atoms with Crippen molar-refractivity contribution in [2.45, 2.75) is 4.90 Å². The molecule has 0 radical (unpaired) electrons. The molecule has 0 fully saturated rings. The number of ether oxygens (including phenoxy) is 1. The van der Waals surface area contributed by atoms with Crippen LogP contribution in [0.5, 0.6) is 5.75 Å². The quantitative estimate of drug-likeness (QED) is 0.781. The van der Waals surface area contributed by atoms with Crippen molar-refractivity contribution in [1.82, 2.24) is 9.97 Å². The monoisotopic (exact) mass is 347 g/mol. The van der Waals surface area contributed by atoms with Crippen LogP contribution in [-0.4, -0.2) is 31.8 Å². The molecule has 3 rings (SSSR count). The maximum absolute atomic E-state index is 13.6. The Hall–Kier alpha value is -2.74. The molecule has 0 saturated heterocycles. The van der Waals surface area contributed by atoms with Crippen molar-refractivity contribution in [2.24, 2.45) is 0 Å². The van der Waals surface area contributed by atoms with Crippen LogP contribution < -0.4 is 10.1 Å². The van der Waals surface area contributed by atoms with Crippen LogP contribution in [0.4, 0.5) is 15.9 Å². The number of benzene rings is 2. The van der Waals surface area contributed by atoms with Gasteiger partial charge in [0.05, 0.1) is 17.5 Å². The van der Waals surface area contributed by atoms with Gasteiger partial charge in [-0.05, 0) is 24.3 Å². The lowest BCUT2D eigenvalue weighted by atomic mass is 10.2. The molecule has 2 aromatic carbocycles. The first kappa shape index (κ1) is 16.1. The maximum atomic E-state index is 13.6. The van der Waals surface area contributed by atoms with Crippen molar-refractivity contribution >= 4 is 32.2 Å². The number of hydrogen-bond acceptors (Lipinski definition) is 6. The highest BCUT2D eigenvalue weighted by molar-refractivity contribution is 7.90. The van der Waals surface area contributed by atoms with Gasteiger partial charge in [-0.3, -0.25) is 0 Å². The topological polar surface area (TPSA) is 81.2 Å². The second kappa shape index (κ2) is 6.04. The Kier molecular flexibility index (Phi) is 4.06. The number of hydrogen-bond donors (Lipinski definition) is 1. The first-order chi connectivity index (χ1) is 11.4. The van der Waals surface area contributed by atoms with Gasteiger partial charge in [0.15, 0.2) is 9.84 Å². The van der Waals surface area contributed by atoms with Crippen LogP contribution in [0.3, 0.4) is 0 Å². The SMILES string of the molecule is COc1cc(F)cc(Nc2ncnc3ccc(S(C)(=O)=O)cc23)c1. The molecule has 0 unspecified atom stereocenters. The van der Waals surface area contributed by atoms with Crippen LogP contribution in [0.15, 0.2) is 47.6 Å². The third-order valence-electron chi connectivity index (χ3n) is 3.40. The van der Waals surface area contributed by atoms with Crippen molar-refractivity contribution in [3.8, 4) is 5.75 Å². The molecule has 0 saturated carbocycles. The largest absolute Gasteiger partial charge is 0.497 e. The number of fused-ring (bicyclic) bond motifs is 1. The molecule has 6 nitrogen and oxygen atoms in total. The summed E-state index contributed by atoms with van der Waals surface area (Å²) in [5.74, 6) is 0.262. The van der Waals surface area contributed by atoms with Crippen molar-refractivity contribution in [3.05, 3.63) is 48.5 Å². The summed E-state index contributed by atoms with van der Waals surface area (Å²) in [6, 6.07) is 8.73. The van der Waals surface area contributed by atoms with E-state index >= 15 is 0 Å². The van der Waals surface area contributed by atoms with Gasteiger partial charge in [-0.2, -0.15) is 0 Å². The minimum atomic E-state index is -3.36. The predicted molar refractivity (Wildman–Crippen MR) is 88.9 cm³/mol. The van der Waals surface area contributed by atoms with Crippen molar-refractivity contribution in [3.63, 3.8) is 0 Å². The smallest absolute Gasteiger partial charge is 0.175 e. The van der Waals surface area contributed by atoms with Gasteiger partial charge < -0.3 is 10.1 Å². The first-order valence-corrected chi connectivity index (χ1v) is 8.82. The van der Waals surface area contributed by atoms with Crippen LogP contribution in [0.2, 0.25) is 0 Å². The van der Waals surface area contributed by atoms with Crippen LogP contribution >= 0.6 is 0 Å². The van der Waals surface area contributed by atoms with Gasteiger partial charge in [0.25, 0.3) is 0 Å². The third kappa shape index (κ3) is 3.28. The molecule has 0 aliphatic heterocycles. The highest BCUT2D eigenvalue weighted by Gasteiger charge is 2.12. The van der Waals surface area contributed by atoms with E-state index in [1.165, 1.54) is 37.7 Å². The number of anilines is 2. The summed E-state index contributed by atoms with van der Waals surface area (Å²) < 4.78 is 42.1. The third-order valence-corrected chi connectivity index (χ3v) is 4.51. The number of methoxy groups -OCH3 is 1. The number of nitrogens with zero attached hydrogens (tertiary/aromatic N) is 2. The van der Waals surface area contributed by atoms with Gasteiger partial charge in [0.2, 0.25) is 0 Å². The van der Waals surface area contributed by atoms with Crippen molar-refractivity contribution < 1.29 is 17.5 Å². The molecule has 124 valence electrons. The molecule has 0 atom stereocenters. The maximum Gasteiger partial charge on any atom is 0.175 e. The molecule has 1 heterocycles. The summed E-state index contributed by atoms with van der Waals surface area (Å²) in [5.41, 5.74) is 1.000. The zero-order valence-corrected chi connectivity index (χ0v) is 13.8. The zero-order chi connectivity index (χ0) is 17.3. The van der Waals surface area contributed by atoms with E-state index < -0.39 is 15.7 Å². The number of sulfone groups is 1. The summed E-state index contributed by atoms with van der Waals surface area (Å²) in [6.07, 6.45) is 2.48. The van der Waals surface area contributed by atoms with E-state index in [2.05, 4.69) is 15.3 Å². The summed E-state index contributed by atoms with van der Waals surface area (Å²) >= 11 is 0. The van der Waals surface area contributed by atoms with Crippen LogP contribution in [0.25, 0.3) is 10.9 Å². The average Bonchev–Trinajstić information content (AvgIpc) is 2.53. The number of nitrogens with one attached hydrogen (secondary N) is 1. The highest BCUT2D eigenvalue weighted by Crippen LogP contribution is 2.27. The molecular weight excluding hydrogens is 333 g/mol. The van der Waals surface area contributed by atoms with Crippen LogP contribution in [0.1, 0.15) is 0 Å². The lowest BCUT2D eigenvalue weighted by Crippen LogP contribution is -2.00. The fraction of sp³-hybridized carbons (Fsp3) is 0.125. The van der Waals surface area contributed by atoms with E-state index in [0.29, 0.717) is 28.2 Å². The Morgan fingerprint density at radius 3 is 2.62 bits per heavy atom. The van der Waals surface area contributed by atoms with E-state index in [9.17, 15) is 12.8 Å². The molecule has 1 aromatic heterocycles. The number of halogens is 1. The van der Waals surface area contributed by atoms with Gasteiger partial charge in [-0.1, -0.05) is 0 Å². The minimum absolute atomic E-state index is 0.157. The van der Waals surface area contributed by atoms with E-state index in [0.717, 1.165) is 6.26 Å². The molecule has 0 bridgehead atoms. The summed E-state index contributed by atoms with van der Waals surface area (Å²) in [6.45, 7) is 0. The van der Waals surface area contributed by atoms with E-state index in [1.54, 1.807) is 12.1 Å². The molecule has 0 aliphatic rings. The van der Waals surface area contributed by atoms with Crippen LogP contribution in [0, 0.1) is 5.82 Å². The van der Waals surface area contributed by atoms with Gasteiger partial charge in [-0.25, -0.2) is 22.8 Å². The molecule has 24 heavy (non-hydrogen) atoms. The minimum Gasteiger partial charge on any atom is -0.497 e. The molecular formula is C16H14FN3O3S. The lowest BCUT2D eigenvalue weighted by Gasteiger charge is -2.10. The molecule has 0 amide bonds. The molecule has 1 N–H and O–H groups in total. The first-order valence-electron chi connectivity index (χ1n) is 6.93. The molecule has 8 heteroatoms. The van der Waals surface area contributed by atoms with Gasteiger partial charge in [-0.15, -0.1) is 0 Å².